The van der Waals surface area contributed by atoms with E-state index < -0.39 is 5.82 Å². The number of likely N-dealkylation sites (N-methyl/N-ethyl adjacent to an activating group) is 2. The highest BCUT2D eigenvalue weighted by molar-refractivity contribution is 5.95. The minimum atomic E-state index is -0.424. The molecular weight excluding hydrogens is 245 g/mol. The summed E-state index contributed by atoms with van der Waals surface area (Å²) in [5.74, 6) is -0.617. The predicted molar refractivity (Wildman–Crippen MR) is 73.7 cm³/mol. The molecule has 0 saturated heterocycles. The van der Waals surface area contributed by atoms with Crippen molar-refractivity contribution < 1.29 is 9.18 Å². The van der Waals surface area contributed by atoms with E-state index in [1.54, 1.807) is 0 Å². The van der Waals surface area contributed by atoms with Crippen molar-refractivity contribution in [2.45, 2.75) is 6.92 Å². The van der Waals surface area contributed by atoms with Crippen LogP contribution in [0.15, 0.2) is 18.3 Å². The van der Waals surface area contributed by atoms with Crippen molar-refractivity contribution in [3.05, 3.63) is 29.8 Å². The predicted octanol–water partition coefficient (Wildman–Crippen LogP) is 1.53. The maximum atomic E-state index is 12.8. The van der Waals surface area contributed by atoms with E-state index in [1.807, 2.05) is 28.1 Å². The molecule has 1 rings (SSSR count). The molecular formula is C14H22FN3O. The second kappa shape index (κ2) is 7.31. The fourth-order valence-electron chi connectivity index (χ4n) is 1.79. The summed E-state index contributed by atoms with van der Waals surface area (Å²) in [6.07, 6.45) is 1.08. The monoisotopic (exact) mass is 267 g/mol. The van der Waals surface area contributed by atoms with Gasteiger partial charge in [-0.1, -0.05) is 6.92 Å². The Kier molecular flexibility index (Phi) is 6.05. The van der Waals surface area contributed by atoms with Gasteiger partial charge in [0.15, 0.2) is 5.78 Å². The van der Waals surface area contributed by atoms with Gasteiger partial charge in [0.2, 0.25) is 0 Å². The van der Waals surface area contributed by atoms with Crippen molar-refractivity contribution in [1.29, 1.82) is 0 Å². The third-order valence-corrected chi connectivity index (χ3v) is 2.94. The van der Waals surface area contributed by atoms with Gasteiger partial charge in [0.1, 0.15) is 11.5 Å². The van der Waals surface area contributed by atoms with Gasteiger partial charge >= 0.3 is 0 Å². The SMILES string of the molecule is CC(CN(C)CCN(C)C)C(=O)c1ccc(F)cn1. The summed E-state index contributed by atoms with van der Waals surface area (Å²) in [5, 5.41) is 0. The van der Waals surface area contributed by atoms with Crippen molar-refractivity contribution in [2.24, 2.45) is 5.92 Å². The number of rotatable bonds is 7. The minimum Gasteiger partial charge on any atom is -0.308 e. The van der Waals surface area contributed by atoms with Crippen molar-refractivity contribution in [3.63, 3.8) is 0 Å². The first-order chi connectivity index (χ1) is 8.90. The van der Waals surface area contributed by atoms with Gasteiger partial charge in [-0.25, -0.2) is 4.39 Å². The van der Waals surface area contributed by atoms with Crippen LogP contribution in [0.1, 0.15) is 17.4 Å². The molecule has 0 aliphatic carbocycles. The molecule has 1 atom stereocenters. The van der Waals surface area contributed by atoms with Gasteiger partial charge in [0.25, 0.3) is 0 Å². The molecule has 1 aromatic rings. The molecule has 0 spiro atoms. The molecule has 0 aliphatic rings. The fraction of sp³-hybridized carbons (Fsp3) is 0.571. The molecule has 106 valence electrons. The number of Topliss-reactive ketones (excluding diaryl/α,β-unsaturated/α-hetero) is 1. The molecule has 1 heterocycles. The molecule has 0 aliphatic heterocycles. The van der Waals surface area contributed by atoms with Gasteiger partial charge in [-0.05, 0) is 33.3 Å². The van der Waals surface area contributed by atoms with Crippen LogP contribution >= 0.6 is 0 Å². The van der Waals surface area contributed by atoms with Crippen LogP contribution in [0.25, 0.3) is 0 Å². The van der Waals surface area contributed by atoms with Crippen LogP contribution in [0.2, 0.25) is 0 Å². The topological polar surface area (TPSA) is 36.4 Å². The summed E-state index contributed by atoms with van der Waals surface area (Å²) < 4.78 is 12.8. The van der Waals surface area contributed by atoms with Gasteiger partial charge in [0, 0.05) is 25.6 Å². The van der Waals surface area contributed by atoms with E-state index in [4.69, 9.17) is 0 Å². The number of halogens is 1. The molecule has 0 N–H and O–H groups in total. The first-order valence-corrected chi connectivity index (χ1v) is 6.39. The molecule has 0 amide bonds. The number of carbonyl (C=O) groups excluding carboxylic acids is 1. The van der Waals surface area contributed by atoms with E-state index in [1.165, 1.54) is 12.1 Å². The second-order valence-corrected chi connectivity index (χ2v) is 5.19. The lowest BCUT2D eigenvalue weighted by molar-refractivity contribution is 0.0896. The number of pyridine rings is 1. The molecule has 0 bridgehead atoms. The number of nitrogens with zero attached hydrogens (tertiary/aromatic N) is 3. The fourth-order valence-corrected chi connectivity index (χ4v) is 1.79. The average molecular weight is 267 g/mol. The van der Waals surface area contributed by atoms with E-state index >= 15 is 0 Å². The first kappa shape index (κ1) is 15.7. The van der Waals surface area contributed by atoms with Crippen LogP contribution in [-0.4, -0.2) is 61.3 Å². The van der Waals surface area contributed by atoms with Gasteiger partial charge in [-0.15, -0.1) is 0 Å². The Morgan fingerprint density at radius 3 is 2.53 bits per heavy atom. The lowest BCUT2D eigenvalue weighted by Gasteiger charge is -2.22. The van der Waals surface area contributed by atoms with E-state index in [2.05, 4.69) is 14.8 Å². The van der Waals surface area contributed by atoms with Crippen LogP contribution in [0, 0.1) is 11.7 Å². The smallest absolute Gasteiger partial charge is 0.185 e. The van der Waals surface area contributed by atoms with Crippen molar-refractivity contribution in [3.8, 4) is 0 Å². The van der Waals surface area contributed by atoms with Crippen LogP contribution in [0.4, 0.5) is 4.39 Å². The van der Waals surface area contributed by atoms with E-state index in [0.29, 0.717) is 12.2 Å². The summed E-state index contributed by atoms with van der Waals surface area (Å²) in [6, 6.07) is 2.71. The number of hydrogen-bond acceptors (Lipinski definition) is 4. The molecule has 0 aromatic carbocycles. The zero-order chi connectivity index (χ0) is 14.4. The Labute approximate surface area is 114 Å². The average Bonchev–Trinajstić information content (AvgIpc) is 2.36. The Bertz CT molecular complexity index is 406. The van der Waals surface area contributed by atoms with Gasteiger partial charge in [-0.2, -0.15) is 0 Å². The van der Waals surface area contributed by atoms with Gasteiger partial charge in [-0.3, -0.25) is 9.78 Å². The highest BCUT2D eigenvalue weighted by Gasteiger charge is 2.18. The normalized spacial score (nSPS) is 13.0. The molecule has 0 radical (unpaired) electrons. The molecule has 0 saturated carbocycles. The van der Waals surface area contributed by atoms with Crippen molar-refractivity contribution >= 4 is 5.78 Å². The number of carbonyl (C=O) groups is 1. The summed E-state index contributed by atoms with van der Waals surface area (Å²) in [6.45, 7) is 4.40. The third-order valence-electron chi connectivity index (χ3n) is 2.94. The lowest BCUT2D eigenvalue weighted by atomic mass is 10.0. The van der Waals surface area contributed by atoms with Crippen molar-refractivity contribution in [2.75, 3.05) is 40.8 Å². The molecule has 4 nitrogen and oxygen atoms in total. The number of hydrogen-bond donors (Lipinski definition) is 0. The minimum absolute atomic E-state index is 0.0447. The quantitative estimate of drug-likeness (QED) is 0.702. The standard InChI is InChI=1S/C14H22FN3O/c1-11(10-18(4)8-7-17(2)3)14(19)13-6-5-12(15)9-16-13/h5-6,9,11H,7-8,10H2,1-4H3. The van der Waals surface area contributed by atoms with E-state index in [-0.39, 0.29) is 11.7 Å². The van der Waals surface area contributed by atoms with Gasteiger partial charge < -0.3 is 9.80 Å². The molecule has 0 fully saturated rings. The first-order valence-electron chi connectivity index (χ1n) is 6.39. The molecule has 19 heavy (non-hydrogen) atoms. The summed E-state index contributed by atoms with van der Waals surface area (Å²) in [7, 11) is 6.03. The number of aromatic nitrogens is 1. The maximum Gasteiger partial charge on any atom is 0.185 e. The Morgan fingerprint density at radius 1 is 1.32 bits per heavy atom. The number of ketones is 1. The van der Waals surface area contributed by atoms with Gasteiger partial charge in [0.05, 0.1) is 6.20 Å². The highest BCUT2D eigenvalue weighted by Crippen LogP contribution is 2.08. The highest BCUT2D eigenvalue weighted by atomic mass is 19.1. The molecule has 5 heteroatoms. The zero-order valence-corrected chi connectivity index (χ0v) is 12.1. The summed E-state index contributed by atoms with van der Waals surface area (Å²) in [5.41, 5.74) is 0.329. The van der Waals surface area contributed by atoms with Crippen LogP contribution in [0.5, 0.6) is 0 Å². The third kappa shape index (κ3) is 5.44. The van der Waals surface area contributed by atoms with Crippen molar-refractivity contribution in [1.82, 2.24) is 14.8 Å². The largest absolute Gasteiger partial charge is 0.308 e. The zero-order valence-electron chi connectivity index (χ0n) is 12.1. The van der Waals surface area contributed by atoms with E-state index in [9.17, 15) is 9.18 Å². The molecule has 1 unspecified atom stereocenters. The Balaban J connectivity index is 2.50. The summed E-state index contributed by atoms with van der Waals surface area (Å²) in [4.78, 5) is 20.2. The van der Waals surface area contributed by atoms with Crippen LogP contribution < -0.4 is 0 Å². The lowest BCUT2D eigenvalue weighted by Crippen LogP contribution is -2.34. The Morgan fingerprint density at radius 2 is 2.00 bits per heavy atom. The summed E-state index contributed by atoms with van der Waals surface area (Å²) >= 11 is 0. The van der Waals surface area contributed by atoms with E-state index in [0.717, 1.165) is 19.3 Å². The second-order valence-electron chi connectivity index (χ2n) is 5.19. The Hall–Kier alpha value is -1.33. The van der Waals surface area contributed by atoms with Crippen LogP contribution in [0.3, 0.4) is 0 Å². The van der Waals surface area contributed by atoms with Crippen LogP contribution in [-0.2, 0) is 0 Å². The molecule has 1 aromatic heterocycles. The maximum absolute atomic E-state index is 12.8.